The third-order valence-corrected chi connectivity index (χ3v) is 10.4. The highest BCUT2D eigenvalue weighted by atomic mass is 16.1. The number of ketones is 3. The number of hydrogen-bond acceptors (Lipinski definition) is 5. The van der Waals surface area contributed by atoms with Gasteiger partial charge in [0.25, 0.3) is 0 Å². The van der Waals surface area contributed by atoms with E-state index in [0.29, 0.717) is 6.42 Å². The van der Waals surface area contributed by atoms with Crippen LogP contribution in [0.25, 0.3) is 0 Å². The summed E-state index contributed by atoms with van der Waals surface area (Å²) in [6, 6.07) is 8.50. The van der Waals surface area contributed by atoms with Gasteiger partial charge < -0.3 is 0 Å². The molecule has 0 N–H and O–H groups in total. The number of carbonyl (C=O) groups is 3. The molecule has 0 aliphatic carbocycles. The molecule has 0 saturated carbocycles. The van der Waals surface area contributed by atoms with Crippen LogP contribution in [-0.2, 0) is 25.2 Å². The topological polar surface area (TPSA) is 57.7 Å². The molecule has 1 aromatic rings. The van der Waals surface area contributed by atoms with Crippen LogP contribution in [0.5, 0.6) is 0 Å². The molecule has 0 aliphatic heterocycles. The van der Waals surface area contributed by atoms with Gasteiger partial charge in [-0.15, -0.1) is 0 Å². The van der Waals surface area contributed by atoms with Crippen LogP contribution in [0.2, 0.25) is 0 Å². The SMILES string of the molecule is CC(C)C(=O)C(N(CC(=O)C(C)(C)C)CC(=O)C(C)(C)C)C(C)(C)CC(C)(C)c1ccc(C(C)(C)CC(C)(C)N(C)C(C)(C)C)cc1. The highest BCUT2D eigenvalue weighted by Gasteiger charge is 2.46. The van der Waals surface area contributed by atoms with Gasteiger partial charge in [0.1, 0.15) is 0 Å². The van der Waals surface area contributed by atoms with E-state index in [1.807, 2.05) is 60.3 Å². The predicted octanol–water partition coefficient (Wildman–Crippen LogP) is 9.68. The molecule has 0 aromatic heterocycles. The molecule has 1 unspecified atom stereocenters. The molecular weight excluding hydrogens is 580 g/mol. The summed E-state index contributed by atoms with van der Waals surface area (Å²) in [6.45, 7) is 40.3. The number of benzene rings is 1. The molecule has 0 spiro atoms. The fourth-order valence-corrected chi connectivity index (χ4v) is 7.38. The van der Waals surface area contributed by atoms with Crippen molar-refractivity contribution in [3.05, 3.63) is 35.4 Å². The van der Waals surface area contributed by atoms with E-state index in [1.165, 1.54) is 11.1 Å². The number of hydrogen-bond donors (Lipinski definition) is 0. The molecule has 47 heavy (non-hydrogen) atoms. The first kappa shape index (κ1) is 43.2. The number of nitrogens with zero attached hydrogens (tertiary/aromatic N) is 2. The van der Waals surface area contributed by atoms with Crippen molar-refractivity contribution in [2.75, 3.05) is 20.1 Å². The minimum atomic E-state index is -0.584. The Balaban J connectivity index is 3.55. The summed E-state index contributed by atoms with van der Waals surface area (Å²) in [5.74, 6) is -0.0894. The molecule has 5 nitrogen and oxygen atoms in total. The van der Waals surface area contributed by atoms with E-state index in [9.17, 15) is 14.4 Å². The fourth-order valence-electron chi connectivity index (χ4n) is 7.38. The molecule has 0 heterocycles. The summed E-state index contributed by atoms with van der Waals surface area (Å²) >= 11 is 0. The zero-order valence-corrected chi connectivity index (χ0v) is 34.4. The molecule has 0 radical (unpaired) electrons. The van der Waals surface area contributed by atoms with E-state index in [2.05, 4.69) is 112 Å². The quantitative estimate of drug-likeness (QED) is 0.188. The van der Waals surface area contributed by atoms with Crippen LogP contribution in [0, 0.1) is 22.2 Å². The Bertz CT molecular complexity index is 1200. The van der Waals surface area contributed by atoms with Crippen LogP contribution >= 0.6 is 0 Å². The smallest absolute Gasteiger partial charge is 0.153 e. The second kappa shape index (κ2) is 14.6. The van der Waals surface area contributed by atoms with Crippen molar-refractivity contribution >= 4 is 17.3 Å². The van der Waals surface area contributed by atoms with Crippen molar-refractivity contribution in [1.82, 2.24) is 9.80 Å². The van der Waals surface area contributed by atoms with E-state index < -0.39 is 22.3 Å². The van der Waals surface area contributed by atoms with Gasteiger partial charge >= 0.3 is 0 Å². The molecule has 0 amide bonds. The Morgan fingerprint density at radius 2 is 0.936 bits per heavy atom. The summed E-state index contributed by atoms with van der Waals surface area (Å²) in [5.41, 5.74) is 0.639. The highest BCUT2D eigenvalue weighted by Crippen LogP contribution is 2.43. The second-order valence-corrected chi connectivity index (χ2v) is 20.4. The van der Waals surface area contributed by atoms with Crippen molar-refractivity contribution in [3.8, 4) is 0 Å². The summed E-state index contributed by atoms with van der Waals surface area (Å²) in [5, 5.41) is 0. The van der Waals surface area contributed by atoms with Crippen LogP contribution in [-0.4, -0.2) is 64.4 Å². The van der Waals surface area contributed by atoms with Gasteiger partial charge in [-0.05, 0) is 81.9 Å². The van der Waals surface area contributed by atoms with Crippen LogP contribution in [0.1, 0.15) is 156 Å². The zero-order chi connectivity index (χ0) is 37.4. The van der Waals surface area contributed by atoms with Gasteiger partial charge in [-0.3, -0.25) is 24.2 Å². The van der Waals surface area contributed by atoms with Gasteiger partial charge in [-0.1, -0.05) is 121 Å². The van der Waals surface area contributed by atoms with Crippen LogP contribution in [0.15, 0.2) is 24.3 Å². The van der Waals surface area contributed by atoms with E-state index in [1.54, 1.807) is 0 Å². The van der Waals surface area contributed by atoms with E-state index in [4.69, 9.17) is 0 Å². The van der Waals surface area contributed by atoms with Crippen molar-refractivity contribution in [2.45, 2.75) is 172 Å². The summed E-state index contributed by atoms with van der Waals surface area (Å²) in [4.78, 5) is 45.4. The lowest BCUT2D eigenvalue weighted by molar-refractivity contribution is -0.139. The zero-order valence-electron chi connectivity index (χ0n) is 34.4. The van der Waals surface area contributed by atoms with E-state index >= 15 is 0 Å². The van der Waals surface area contributed by atoms with Crippen molar-refractivity contribution in [1.29, 1.82) is 0 Å². The molecule has 1 rings (SSSR count). The van der Waals surface area contributed by atoms with Gasteiger partial charge in [-0.2, -0.15) is 0 Å². The lowest BCUT2D eigenvalue weighted by Crippen LogP contribution is -2.57. The Kier molecular flexibility index (Phi) is 13.4. The molecule has 0 fully saturated rings. The van der Waals surface area contributed by atoms with Gasteiger partial charge in [0.15, 0.2) is 17.3 Å². The summed E-state index contributed by atoms with van der Waals surface area (Å²) < 4.78 is 0. The Morgan fingerprint density at radius 3 is 1.23 bits per heavy atom. The number of Topliss-reactive ketones (excluding diaryl/α,β-unsaturated/α-hetero) is 3. The third kappa shape index (κ3) is 11.6. The largest absolute Gasteiger partial charge is 0.298 e. The van der Waals surface area contributed by atoms with E-state index in [-0.39, 0.29) is 58.3 Å². The lowest BCUT2D eigenvalue weighted by atomic mass is 9.65. The molecular formula is C42H74N2O3. The molecule has 5 heteroatoms. The normalized spacial score (nSPS) is 15.0. The van der Waals surface area contributed by atoms with Crippen molar-refractivity contribution in [2.24, 2.45) is 22.2 Å². The van der Waals surface area contributed by atoms with Gasteiger partial charge in [0.05, 0.1) is 19.1 Å². The average Bonchev–Trinajstić information content (AvgIpc) is 2.85. The Hall–Kier alpha value is -1.85. The monoisotopic (exact) mass is 655 g/mol. The fraction of sp³-hybridized carbons (Fsp3) is 0.786. The second-order valence-electron chi connectivity index (χ2n) is 20.4. The first-order valence-corrected chi connectivity index (χ1v) is 17.9. The van der Waals surface area contributed by atoms with Crippen LogP contribution < -0.4 is 0 Å². The van der Waals surface area contributed by atoms with Gasteiger partial charge in [-0.25, -0.2) is 0 Å². The Morgan fingerprint density at radius 1 is 0.596 bits per heavy atom. The minimum Gasteiger partial charge on any atom is -0.298 e. The van der Waals surface area contributed by atoms with Gasteiger partial charge in [0.2, 0.25) is 0 Å². The minimum absolute atomic E-state index is 0.0102. The number of carbonyl (C=O) groups excluding carboxylic acids is 3. The maximum absolute atomic E-state index is 14.1. The standard InChI is InChI=1S/C42H74N2O3/c1-29(2)34(47)35(44(25-32(45)36(3,4)5)26-33(46)37(6,7)8)41(16,17)27-39(12,13)30-21-23-31(24-22-30)40(14,15)28-42(18,19)43(20)38(9,10)11/h21-24,29,35H,25-28H2,1-20H3. The number of rotatable bonds is 15. The first-order valence-electron chi connectivity index (χ1n) is 17.9. The predicted molar refractivity (Wildman–Crippen MR) is 201 cm³/mol. The molecule has 0 aliphatic rings. The summed E-state index contributed by atoms with van der Waals surface area (Å²) in [7, 11) is 2.22. The maximum Gasteiger partial charge on any atom is 0.153 e. The molecule has 0 bridgehead atoms. The molecule has 1 aromatic carbocycles. The summed E-state index contributed by atoms with van der Waals surface area (Å²) in [6.07, 6.45) is 1.72. The lowest BCUT2D eigenvalue weighted by Gasteiger charge is -2.48. The van der Waals surface area contributed by atoms with Crippen LogP contribution in [0.3, 0.4) is 0 Å². The maximum atomic E-state index is 14.1. The third-order valence-electron chi connectivity index (χ3n) is 10.4. The molecule has 270 valence electrons. The Labute approximate surface area is 291 Å². The highest BCUT2D eigenvalue weighted by molar-refractivity contribution is 5.91. The van der Waals surface area contributed by atoms with Crippen molar-refractivity contribution in [3.63, 3.8) is 0 Å². The molecule has 0 saturated heterocycles. The van der Waals surface area contributed by atoms with Gasteiger partial charge in [0, 0.05) is 27.8 Å². The van der Waals surface area contributed by atoms with Crippen molar-refractivity contribution < 1.29 is 14.4 Å². The molecule has 1 atom stereocenters. The van der Waals surface area contributed by atoms with Crippen LogP contribution in [0.4, 0.5) is 0 Å². The first-order chi connectivity index (χ1) is 20.7. The van der Waals surface area contributed by atoms with E-state index in [0.717, 1.165) is 6.42 Å². The average molecular weight is 655 g/mol.